The fraction of sp³-hybridized carbons (Fsp3) is 0.400. The molecule has 0 aromatic carbocycles. The Morgan fingerprint density at radius 3 is 2.81 bits per heavy atom. The maximum absolute atomic E-state index is 12.5. The van der Waals surface area contributed by atoms with E-state index in [-0.39, 0.29) is 12.4 Å². The van der Waals surface area contributed by atoms with Gasteiger partial charge in [-0.3, -0.25) is 0 Å². The molecule has 1 rings (SSSR count). The Labute approximate surface area is 91.2 Å². The number of hydrogen-bond donors (Lipinski definition) is 1. The van der Waals surface area contributed by atoms with Crippen LogP contribution in [0.25, 0.3) is 0 Å². The van der Waals surface area contributed by atoms with E-state index in [0.29, 0.717) is 0 Å². The van der Waals surface area contributed by atoms with Crippen molar-refractivity contribution in [1.82, 2.24) is 5.32 Å². The first kappa shape index (κ1) is 12.6. The van der Waals surface area contributed by atoms with Crippen LogP contribution < -0.4 is 5.32 Å². The molecule has 16 heavy (non-hydrogen) atoms. The minimum Gasteiger partial charge on any atom is -0.490 e. The van der Waals surface area contributed by atoms with E-state index in [2.05, 4.69) is 11.9 Å². The number of allylic oxidation sites excluding steroid dienone is 3. The number of halogens is 3. The highest BCUT2D eigenvalue weighted by atomic mass is 19.4. The van der Waals surface area contributed by atoms with E-state index in [9.17, 15) is 13.2 Å². The van der Waals surface area contributed by atoms with E-state index >= 15 is 0 Å². The van der Waals surface area contributed by atoms with Gasteiger partial charge in [-0.15, -0.1) is 0 Å². The molecule has 0 saturated carbocycles. The maximum Gasteiger partial charge on any atom is 0.416 e. The third-order valence-corrected chi connectivity index (χ3v) is 1.89. The number of nitrogens with one attached hydrogen (secondary N) is 1. The Morgan fingerprint density at radius 1 is 1.56 bits per heavy atom. The SMILES string of the molecule is C=C1/C=C(C(F)(F)F)\C=C/NC(OC)CO1. The molecule has 1 N–H and O–H groups in total. The lowest BCUT2D eigenvalue weighted by atomic mass is 10.2. The van der Waals surface area contributed by atoms with Crippen LogP contribution in [0.3, 0.4) is 0 Å². The van der Waals surface area contributed by atoms with Gasteiger partial charge in [0.05, 0.1) is 5.57 Å². The normalized spacial score (nSPS) is 27.6. The number of alkyl halides is 3. The van der Waals surface area contributed by atoms with Crippen LogP contribution in [0, 0.1) is 0 Å². The second-order valence-corrected chi connectivity index (χ2v) is 3.10. The number of ether oxygens (including phenoxy) is 2. The second-order valence-electron chi connectivity index (χ2n) is 3.10. The van der Waals surface area contributed by atoms with Crippen LogP contribution in [-0.2, 0) is 9.47 Å². The third kappa shape index (κ3) is 3.62. The van der Waals surface area contributed by atoms with Crippen molar-refractivity contribution in [2.24, 2.45) is 0 Å². The van der Waals surface area contributed by atoms with Crippen molar-refractivity contribution in [2.45, 2.75) is 12.4 Å². The Kier molecular flexibility index (Phi) is 4.00. The summed E-state index contributed by atoms with van der Waals surface area (Å²) in [4.78, 5) is 0. The van der Waals surface area contributed by atoms with E-state index < -0.39 is 18.0 Å². The zero-order valence-electron chi connectivity index (χ0n) is 8.67. The summed E-state index contributed by atoms with van der Waals surface area (Å²) < 4.78 is 47.3. The Hall–Kier alpha value is -1.43. The number of rotatable bonds is 1. The first-order valence-corrected chi connectivity index (χ1v) is 4.49. The number of hydrogen-bond acceptors (Lipinski definition) is 3. The van der Waals surface area contributed by atoms with Crippen molar-refractivity contribution in [3.63, 3.8) is 0 Å². The summed E-state index contributed by atoms with van der Waals surface area (Å²) in [5, 5.41) is 2.62. The topological polar surface area (TPSA) is 30.5 Å². The van der Waals surface area contributed by atoms with E-state index in [1.165, 1.54) is 13.3 Å². The van der Waals surface area contributed by atoms with E-state index in [4.69, 9.17) is 9.47 Å². The standard InChI is InChI=1S/C10H12F3NO2/c1-7-5-8(10(11,12)13)3-4-14-9(15-2)6-16-7/h3-5,9,14H,1,6H2,2H3/b4-3-,8-5+. The molecule has 0 saturated heterocycles. The van der Waals surface area contributed by atoms with Gasteiger partial charge in [0.1, 0.15) is 12.4 Å². The van der Waals surface area contributed by atoms with Gasteiger partial charge in [0.2, 0.25) is 0 Å². The maximum atomic E-state index is 12.5. The largest absolute Gasteiger partial charge is 0.490 e. The summed E-state index contributed by atoms with van der Waals surface area (Å²) in [7, 11) is 1.42. The minimum absolute atomic E-state index is 0.0530. The van der Waals surface area contributed by atoms with Gasteiger partial charge >= 0.3 is 6.18 Å². The lowest BCUT2D eigenvalue weighted by molar-refractivity contribution is -0.0884. The van der Waals surface area contributed by atoms with Crippen LogP contribution in [0.5, 0.6) is 0 Å². The van der Waals surface area contributed by atoms with Crippen molar-refractivity contribution in [3.8, 4) is 0 Å². The molecule has 0 amide bonds. The van der Waals surface area contributed by atoms with E-state index in [1.54, 1.807) is 0 Å². The molecule has 0 fully saturated rings. The fourth-order valence-corrected chi connectivity index (χ4v) is 1.05. The summed E-state index contributed by atoms with van der Waals surface area (Å²) in [5.74, 6) is -0.0530. The Morgan fingerprint density at radius 2 is 2.25 bits per heavy atom. The fourth-order valence-electron chi connectivity index (χ4n) is 1.05. The van der Waals surface area contributed by atoms with Crippen LogP contribution in [0.15, 0.2) is 36.3 Å². The predicted octanol–water partition coefficient (Wildman–Crippen LogP) is 2.09. The van der Waals surface area contributed by atoms with Gasteiger partial charge < -0.3 is 14.8 Å². The van der Waals surface area contributed by atoms with Gasteiger partial charge in [-0.2, -0.15) is 13.2 Å². The summed E-state index contributed by atoms with van der Waals surface area (Å²) >= 11 is 0. The molecule has 0 aromatic rings. The molecule has 3 nitrogen and oxygen atoms in total. The molecule has 1 aliphatic rings. The summed E-state index contributed by atoms with van der Waals surface area (Å²) in [6.45, 7) is 3.46. The average molecular weight is 235 g/mol. The molecule has 6 heteroatoms. The third-order valence-electron chi connectivity index (χ3n) is 1.89. The summed E-state index contributed by atoms with van der Waals surface area (Å²) in [6.07, 6.45) is -2.01. The van der Waals surface area contributed by atoms with Gasteiger partial charge in [-0.1, -0.05) is 6.58 Å². The molecule has 1 unspecified atom stereocenters. The van der Waals surface area contributed by atoms with Crippen molar-refractivity contribution < 1.29 is 22.6 Å². The first-order valence-electron chi connectivity index (χ1n) is 4.49. The van der Waals surface area contributed by atoms with Gasteiger partial charge in [0, 0.05) is 7.11 Å². The number of methoxy groups -OCH3 is 1. The van der Waals surface area contributed by atoms with Gasteiger partial charge in [-0.25, -0.2) is 0 Å². The molecule has 0 radical (unpaired) electrons. The zero-order chi connectivity index (χ0) is 12.2. The zero-order valence-corrected chi connectivity index (χ0v) is 8.67. The van der Waals surface area contributed by atoms with Gasteiger partial charge in [0.25, 0.3) is 0 Å². The highest BCUT2D eigenvalue weighted by Gasteiger charge is 2.32. The van der Waals surface area contributed by atoms with Gasteiger partial charge in [-0.05, 0) is 18.4 Å². The highest BCUT2D eigenvalue weighted by Crippen LogP contribution is 2.27. The highest BCUT2D eigenvalue weighted by molar-refractivity contribution is 5.30. The molecule has 1 aliphatic heterocycles. The smallest absolute Gasteiger partial charge is 0.416 e. The first-order chi connectivity index (χ1) is 7.43. The van der Waals surface area contributed by atoms with E-state index in [0.717, 1.165) is 12.2 Å². The predicted molar refractivity (Wildman–Crippen MR) is 52.3 cm³/mol. The lowest BCUT2D eigenvalue weighted by Crippen LogP contribution is -2.30. The minimum atomic E-state index is -4.43. The van der Waals surface area contributed by atoms with Crippen LogP contribution in [0.4, 0.5) is 13.2 Å². The molecular formula is C10H12F3NO2. The van der Waals surface area contributed by atoms with Gasteiger partial charge in [0.15, 0.2) is 6.23 Å². The summed E-state index contributed by atoms with van der Waals surface area (Å²) in [6, 6.07) is 0. The van der Waals surface area contributed by atoms with Crippen molar-refractivity contribution in [2.75, 3.05) is 13.7 Å². The quantitative estimate of drug-likeness (QED) is 0.755. The van der Waals surface area contributed by atoms with Crippen molar-refractivity contribution in [1.29, 1.82) is 0 Å². The average Bonchev–Trinajstić information content (AvgIpc) is 2.27. The van der Waals surface area contributed by atoms with Crippen LogP contribution in [0.2, 0.25) is 0 Å². The Balaban J connectivity index is 2.88. The molecular weight excluding hydrogens is 223 g/mol. The lowest BCUT2D eigenvalue weighted by Gasteiger charge is -2.15. The van der Waals surface area contributed by atoms with Crippen LogP contribution in [0.1, 0.15) is 0 Å². The van der Waals surface area contributed by atoms with Crippen molar-refractivity contribution >= 4 is 0 Å². The monoisotopic (exact) mass is 235 g/mol. The molecule has 0 aliphatic carbocycles. The Bertz CT molecular complexity index is 321. The molecule has 0 bridgehead atoms. The van der Waals surface area contributed by atoms with Crippen LogP contribution in [-0.4, -0.2) is 26.1 Å². The second kappa shape index (κ2) is 5.07. The van der Waals surface area contributed by atoms with E-state index in [1.807, 2.05) is 0 Å². The molecule has 1 atom stereocenters. The molecule has 90 valence electrons. The summed E-state index contributed by atoms with van der Waals surface area (Å²) in [5.41, 5.74) is -0.832. The molecule has 0 aromatic heterocycles. The van der Waals surface area contributed by atoms with Crippen LogP contribution >= 0.6 is 0 Å². The molecule has 1 heterocycles. The molecule has 0 spiro atoms. The van der Waals surface area contributed by atoms with Crippen molar-refractivity contribution in [3.05, 3.63) is 36.3 Å².